The molecule has 1 unspecified atom stereocenters. The summed E-state index contributed by atoms with van der Waals surface area (Å²) in [6.07, 6.45) is 2.15. The van der Waals surface area contributed by atoms with Gasteiger partial charge in [-0.25, -0.2) is 4.39 Å². The number of rotatable bonds is 3. The van der Waals surface area contributed by atoms with E-state index in [0.29, 0.717) is 22.4 Å². The predicted molar refractivity (Wildman–Crippen MR) is 77.8 cm³/mol. The number of aryl methyl sites for hydroxylation is 1. The monoisotopic (exact) mass is 293 g/mol. The lowest BCUT2D eigenvalue weighted by atomic mass is 10.1. The number of carbonyl (C=O) groups excluding carboxylic acids is 1. The Morgan fingerprint density at radius 3 is 3.10 bits per heavy atom. The van der Waals surface area contributed by atoms with E-state index in [1.165, 1.54) is 17.4 Å². The third-order valence-electron chi connectivity index (χ3n) is 3.62. The molecule has 3 nitrogen and oxygen atoms in total. The molecule has 0 bridgehead atoms. The Kier molecular flexibility index (Phi) is 3.72. The summed E-state index contributed by atoms with van der Waals surface area (Å²) in [5.74, 6) is -0.409. The molecular formula is C15H16FNO2S. The Balaban J connectivity index is 1.80. The van der Waals surface area contributed by atoms with E-state index >= 15 is 0 Å². The van der Waals surface area contributed by atoms with Gasteiger partial charge >= 0.3 is 0 Å². The zero-order valence-corrected chi connectivity index (χ0v) is 12.1. The average molecular weight is 293 g/mol. The number of halogens is 1. The highest BCUT2D eigenvalue weighted by atomic mass is 32.1. The quantitative estimate of drug-likeness (QED) is 0.943. The van der Waals surface area contributed by atoms with Crippen LogP contribution in [0.2, 0.25) is 0 Å². The number of hydrogen-bond donors (Lipinski definition) is 1. The van der Waals surface area contributed by atoms with Gasteiger partial charge in [0.25, 0.3) is 5.91 Å². The largest absolute Gasteiger partial charge is 0.376 e. The van der Waals surface area contributed by atoms with Gasteiger partial charge in [-0.3, -0.25) is 4.79 Å². The van der Waals surface area contributed by atoms with E-state index in [1.807, 2.05) is 6.07 Å². The molecule has 20 heavy (non-hydrogen) atoms. The van der Waals surface area contributed by atoms with Gasteiger partial charge in [-0.2, -0.15) is 0 Å². The molecule has 1 aliphatic heterocycles. The molecule has 0 saturated carbocycles. The number of nitrogens with one attached hydrogen (secondary N) is 1. The first-order valence-electron chi connectivity index (χ1n) is 6.74. The lowest BCUT2D eigenvalue weighted by Crippen LogP contribution is -2.31. The summed E-state index contributed by atoms with van der Waals surface area (Å²) >= 11 is 1.34. The van der Waals surface area contributed by atoms with Crippen molar-refractivity contribution >= 4 is 27.3 Å². The molecule has 2 aromatic rings. The molecule has 1 saturated heterocycles. The zero-order chi connectivity index (χ0) is 14.1. The molecule has 5 heteroatoms. The highest BCUT2D eigenvalue weighted by Gasteiger charge is 2.20. The number of hydrogen-bond acceptors (Lipinski definition) is 3. The molecule has 1 N–H and O–H groups in total. The molecular weight excluding hydrogens is 277 g/mol. The Bertz CT molecular complexity index is 647. The fourth-order valence-corrected chi connectivity index (χ4v) is 3.70. The molecule has 1 aromatic carbocycles. The van der Waals surface area contributed by atoms with Crippen molar-refractivity contribution in [2.24, 2.45) is 0 Å². The molecule has 0 spiro atoms. The molecule has 106 valence electrons. The van der Waals surface area contributed by atoms with Crippen molar-refractivity contribution < 1.29 is 13.9 Å². The van der Waals surface area contributed by atoms with E-state index in [2.05, 4.69) is 5.32 Å². The molecule has 3 rings (SSSR count). The minimum absolute atomic E-state index is 0.116. The van der Waals surface area contributed by atoms with Gasteiger partial charge in [0.1, 0.15) is 5.82 Å². The van der Waals surface area contributed by atoms with Crippen LogP contribution >= 0.6 is 11.3 Å². The molecule has 1 aromatic heterocycles. The topological polar surface area (TPSA) is 38.3 Å². The van der Waals surface area contributed by atoms with Crippen LogP contribution in [-0.4, -0.2) is 25.2 Å². The lowest BCUT2D eigenvalue weighted by Gasteiger charge is -2.10. The van der Waals surface area contributed by atoms with Crippen molar-refractivity contribution in [1.29, 1.82) is 0 Å². The van der Waals surface area contributed by atoms with Crippen LogP contribution in [0.5, 0.6) is 0 Å². The highest BCUT2D eigenvalue weighted by molar-refractivity contribution is 7.21. The standard InChI is InChI=1S/C15H16FNO2S/c1-9-13-11(16)5-2-6-12(13)20-14(9)15(18)17-8-10-4-3-7-19-10/h2,5-6,10H,3-4,7-8H2,1H3,(H,17,18). The van der Waals surface area contributed by atoms with Crippen LogP contribution in [0.4, 0.5) is 4.39 Å². The van der Waals surface area contributed by atoms with Gasteiger partial charge in [-0.05, 0) is 37.5 Å². The number of ether oxygens (including phenoxy) is 1. The second-order valence-corrected chi connectivity index (χ2v) is 6.07. The average Bonchev–Trinajstić information content (AvgIpc) is 3.05. The predicted octanol–water partition coefficient (Wildman–Crippen LogP) is 3.26. The lowest BCUT2D eigenvalue weighted by molar-refractivity contribution is 0.0860. The van der Waals surface area contributed by atoms with Crippen molar-refractivity contribution in [2.75, 3.05) is 13.2 Å². The summed E-state index contributed by atoms with van der Waals surface area (Å²) < 4.78 is 20.1. The van der Waals surface area contributed by atoms with Crippen molar-refractivity contribution in [3.05, 3.63) is 34.5 Å². The first-order valence-corrected chi connectivity index (χ1v) is 7.56. The smallest absolute Gasteiger partial charge is 0.261 e. The van der Waals surface area contributed by atoms with Gasteiger partial charge in [0.2, 0.25) is 0 Å². The van der Waals surface area contributed by atoms with Crippen molar-refractivity contribution in [2.45, 2.75) is 25.9 Å². The van der Waals surface area contributed by atoms with Crippen LogP contribution < -0.4 is 5.32 Å². The minimum atomic E-state index is -0.269. The van der Waals surface area contributed by atoms with Crippen LogP contribution in [0.25, 0.3) is 10.1 Å². The second kappa shape index (κ2) is 5.50. The third kappa shape index (κ3) is 2.43. The summed E-state index contributed by atoms with van der Waals surface area (Å²) in [4.78, 5) is 12.8. The van der Waals surface area contributed by atoms with Gasteiger partial charge in [-0.15, -0.1) is 11.3 Å². The van der Waals surface area contributed by atoms with Crippen molar-refractivity contribution in [3.63, 3.8) is 0 Å². The van der Waals surface area contributed by atoms with Crippen LogP contribution in [0.1, 0.15) is 28.1 Å². The molecule has 0 aliphatic carbocycles. The van der Waals surface area contributed by atoms with E-state index in [9.17, 15) is 9.18 Å². The van der Waals surface area contributed by atoms with Crippen molar-refractivity contribution in [3.8, 4) is 0 Å². The number of carbonyl (C=O) groups is 1. The van der Waals surface area contributed by atoms with Gasteiger partial charge in [-0.1, -0.05) is 6.07 Å². The van der Waals surface area contributed by atoms with Gasteiger partial charge in [0, 0.05) is 23.2 Å². The molecule has 1 atom stereocenters. The summed E-state index contributed by atoms with van der Waals surface area (Å²) in [6.45, 7) is 3.09. The zero-order valence-electron chi connectivity index (χ0n) is 11.2. The van der Waals surface area contributed by atoms with E-state index < -0.39 is 0 Å². The Morgan fingerprint density at radius 1 is 1.55 bits per heavy atom. The fourth-order valence-electron chi connectivity index (χ4n) is 2.56. The summed E-state index contributed by atoms with van der Waals surface area (Å²) in [7, 11) is 0. The normalized spacial score (nSPS) is 18.6. The summed E-state index contributed by atoms with van der Waals surface area (Å²) in [6, 6.07) is 4.94. The summed E-state index contributed by atoms with van der Waals surface area (Å²) in [5, 5.41) is 3.44. The Labute approximate surface area is 120 Å². The Morgan fingerprint density at radius 2 is 2.40 bits per heavy atom. The molecule has 0 radical (unpaired) electrons. The van der Waals surface area contributed by atoms with Crippen LogP contribution in [-0.2, 0) is 4.74 Å². The maximum atomic E-state index is 13.8. The molecule has 2 heterocycles. The fraction of sp³-hybridized carbons (Fsp3) is 0.400. The number of thiophene rings is 1. The van der Waals surface area contributed by atoms with E-state index in [4.69, 9.17) is 4.74 Å². The molecule has 1 fully saturated rings. The van der Waals surface area contributed by atoms with Crippen molar-refractivity contribution in [1.82, 2.24) is 5.32 Å². The first kappa shape index (κ1) is 13.5. The van der Waals surface area contributed by atoms with Crippen LogP contribution in [0.3, 0.4) is 0 Å². The number of fused-ring (bicyclic) bond motifs is 1. The van der Waals surface area contributed by atoms with Gasteiger partial charge in [0.05, 0.1) is 11.0 Å². The maximum absolute atomic E-state index is 13.8. The second-order valence-electron chi connectivity index (χ2n) is 5.01. The summed E-state index contributed by atoms with van der Waals surface area (Å²) in [5.41, 5.74) is 0.716. The maximum Gasteiger partial charge on any atom is 0.261 e. The molecule has 1 amide bonds. The van der Waals surface area contributed by atoms with E-state index in [0.717, 1.165) is 24.1 Å². The third-order valence-corrected chi connectivity index (χ3v) is 4.88. The van der Waals surface area contributed by atoms with E-state index in [-0.39, 0.29) is 17.8 Å². The van der Waals surface area contributed by atoms with Crippen LogP contribution in [0, 0.1) is 12.7 Å². The van der Waals surface area contributed by atoms with Crippen LogP contribution in [0.15, 0.2) is 18.2 Å². The minimum Gasteiger partial charge on any atom is -0.376 e. The number of benzene rings is 1. The van der Waals surface area contributed by atoms with Gasteiger partial charge < -0.3 is 10.1 Å². The van der Waals surface area contributed by atoms with E-state index in [1.54, 1.807) is 13.0 Å². The number of amides is 1. The first-order chi connectivity index (χ1) is 9.66. The highest BCUT2D eigenvalue weighted by Crippen LogP contribution is 2.32. The molecule has 1 aliphatic rings. The Hall–Kier alpha value is -1.46. The SMILES string of the molecule is Cc1c(C(=O)NCC2CCCO2)sc2cccc(F)c12. The van der Waals surface area contributed by atoms with Gasteiger partial charge in [0.15, 0.2) is 0 Å².